The van der Waals surface area contributed by atoms with E-state index in [1.54, 1.807) is 36.4 Å². The van der Waals surface area contributed by atoms with Gasteiger partial charge in [-0.3, -0.25) is 29.8 Å². The lowest BCUT2D eigenvalue weighted by Crippen LogP contribution is -2.61. The van der Waals surface area contributed by atoms with Crippen molar-refractivity contribution in [2.24, 2.45) is 44.1 Å². The van der Waals surface area contributed by atoms with Gasteiger partial charge in [-0.05, 0) is 189 Å². The lowest BCUT2D eigenvalue weighted by Gasteiger charge is -2.63. The lowest BCUT2D eigenvalue weighted by atomic mass is 9.42. The Kier molecular flexibility index (Phi) is 16.5. The highest BCUT2D eigenvalue weighted by Crippen LogP contribution is 2.69. The molecule has 6 heterocycles. The predicted molar refractivity (Wildman–Crippen MR) is 335 cm³/mol. The molecule has 6 aliphatic carbocycles. The molecule has 2 aromatic heterocycles. The first-order chi connectivity index (χ1) is 42.0. The van der Waals surface area contributed by atoms with Crippen LogP contribution in [0.3, 0.4) is 0 Å². The number of aromatic nitrogens is 2. The number of anilines is 2. The first kappa shape index (κ1) is 64.7. The summed E-state index contributed by atoms with van der Waals surface area (Å²) in [6.07, 6.45) is 16.2. The molecule has 2 amide bonds. The molecule has 16 nitrogen and oxygen atoms in total. The van der Waals surface area contributed by atoms with E-state index in [1.807, 2.05) is 6.07 Å². The molecule has 4 aromatic rings. The molecular weight excluding hydrogens is 1230 g/mol. The number of ketones is 1. The molecule has 4 aliphatic heterocycles. The Labute approximate surface area is 537 Å². The van der Waals surface area contributed by atoms with Crippen LogP contribution in [0.25, 0.3) is 0 Å². The van der Waals surface area contributed by atoms with Gasteiger partial charge in [-0.2, -0.15) is 0 Å². The molecule has 2 saturated heterocycles. The summed E-state index contributed by atoms with van der Waals surface area (Å²) >= 11 is 24.9. The fourth-order valence-electron chi connectivity index (χ4n) is 19.7. The van der Waals surface area contributed by atoms with Crippen molar-refractivity contribution in [3.63, 3.8) is 0 Å². The second-order valence-electron chi connectivity index (χ2n) is 30.4. The first-order valence-corrected chi connectivity index (χ1v) is 32.8. The SMILES string of the molecule is CC1(C)CCC2(CC1)N[C@@H](C(=O)CC1CC3(C1)CC(CO)(CO)C3)[C@H](c1ccnc(Cl)c1F)[C@]21C(=O)Nc2cc(Cl)ccc21.CC1(C)CCC2(CC1)N[C@@H](C(=O)O)[C@H](c1ccnc(Cl)c1F)C21C(=O)Nc2cc(Cl)ccc21.NC1CC2(C1)CC(CO)(CO)C2. The maximum absolute atomic E-state index is 16.1. The topological polar surface area (TPSA) is 269 Å². The van der Waals surface area contributed by atoms with Crippen molar-refractivity contribution in [3.05, 3.63) is 115 Å². The third-order valence-electron chi connectivity index (χ3n) is 23.6. The summed E-state index contributed by atoms with van der Waals surface area (Å²) in [6, 6.07) is 11.8. The monoisotopic (exact) mass is 1310 g/mol. The van der Waals surface area contributed by atoms with Crippen molar-refractivity contribution in [2.75, 3.05) is 37.1 Å². The summed E-state index contributed by atoms with van der Waals surface area (Å²) in [5.41, 5.74) is 4.17. The molecule has 6 spiro atoms. The quantitative estimate of drug-likeness (QED) is 0.0662. The van der Waals surface area contributed by atoms with Crippen LogP contribution in [-0.4, -0.2) is 115 Å². The molecule has 0 bridgehead atoms. The molecule has 14 rings (SSSR count). The number of hydrogen-bond donors (Lipinski definition) is 10. The summed E-state index contributed by atoms with van der Waals surface area (Å²) in [7, 11) is 0. The summed E-state index contributed by atoms with van der Waals surface area (Å²) < 4.78 is 31.5. The molecule has 10 aliphatic rings. The minimum atomic E-state index is -1.36. The van der Waals surface area contributed by atoms with E-state index < -0.39 is 68.8 Å². The van der Waals surface area contributed by atoms with Gasteiger partial charge in [0.2, 0.25) is 11.8 Å². The molecule has 480 valence electrons. The van der Waals surface area contributed by atoms with E-state index in [4.69, 9.17) is 62.4 Å². The number of fused-ring (bicyclic) bond motifs is 6. The number of halogens is 6. The predicted octanol–water partition coefficient (Wildman–Crippen LogP) is 10.7. The van der Waals surface area contributed by atoms with E-state index in [0.29, 0.717) is 70.5 Å². The van der Waals surface area contributed by atoms with Crippen molar-refractivity contribution in [2.45, 2.75) is 189 Å². The number of aliphatic carboxylic acids is 1. The summed E-state index contributed by atoms with van der Waals surface area (Å²) in [5.74, 6) is -5.04. The fraction of sp³-hybridized carbons (Fsp3) is 0.612. The van der Waals surface area contributed by atoms with E-state index in [0.717, 1.165) is 82.6 Å². The highest BCUT2D eigenvalue weighted by molar-refractivity contribution is 6.32. The number of nitrogens with two attached hydrogens (primary N) is 1. The average molecular weight is 1310 g/mol. The van der Waals surface area contributed by atoms with Crippen molar-refractivity contribution in [1.82, 2.24) is 20.6 Å². The zero-order valence-electron chi connectivity index (χ0n) is 50.7. The van der Waals surface area contributed by atoms with Gasteiger partial charge in [-0.1, -0.05) is 86.2 Å². The summed E-state index contributed by atoms with van der Waals surface area (Å²) in [4.78, 5) is 63.4. The van der Waals surface area contributed by atoms with Gasteiger partial charge < -0.3 is 41.9 Å². The van der Waals surface area contributed by atoms with Crippen LogP contribution < -0.4 is 27.0 Å². The maximum Gasteiger partial charge on any atom is 0.321 e. The minimum Gasteiger partial charge on any atom is -0.480 e. The van der Waals surface area contributed by atoms with Crippen LogP contribution in [0.1, 0.15) is 171 Å². The van der Waals surface area contributed by atoms with Gasteiger partial charge in [0.15, 0.2) is 27.7 Å². The summed E-state index contributed by atoms with van der Waals surface area (Å²) in [5, 5.41) is 61.3. The number of carboxylic acid groups (broad SMARTS) is 1. The van der Waals surface area contributed by atoms with Crippen molar-refractivity contribution in [3.8, 4) is 0 Å². The van der Waals surface area contributed by atoms with Crippen LogP contribution in [0, 0.1) is 50.0 Å². The number of carboxylic acids is 1. The van der Waals surface area contributed by atoms with Gasteiger partial charge in [0.1, 0.15) is 16.9 Å². The number of aliphatic hydroxyl groups is 4. The number of amides is 2. The number of Topliss-reactive ketones (excluding diaryl/α,β-unsaturated/α-hetero) is 1. The zero-order valence-corrected chi connectivity index (χ0v) is 53.7. The zero-order chi connectivity index (χ0) is 63.9. The molecular formula is C67H81Cl4F2N7O9. The van der Waals surface area contributed by atoms with Crippen LogP contribution in [0.4, 0.5) is 20.2 Å². The lowest BCUT2D eigenvalue weighted by molar-refractivity contribution is -0.167. The number of carbonyl (C=O) groups excluding carboxylic acids is 3. The van der Waals surface area contributed by atoms with Gasteiger partial charge in [-0.25, -0.2) is 18.7 Å². The van der Waals surface area contributed by atoms with E-state index in [-0.39, 0.29) is 93.0 Å². The first-order valence-electron chi connectivity index (χ1n) is 31.3. The second-order valence-corrected chi connectivity index (χ2v) is 32.0. The highest BCUT2D eigenvalue weighted by Gasteiger charge is 2.75. The number of aliphatic hydroxyl groups excluding tert-OH is 4. The number of carbonyl (C=O) groups is 4. The smallest absolute Gasteiger partial charge is 0.321 e. The Morgan fingerprint density at radius 3 is 1.35 bits per heavy atom. The molecule has 8 fully saturated rings. The Morgan fingerprint density at radius 1 is 0.584 bits per heavy atom. The van der Waals surface area contributed by atoms with Crippen LogP contribution >= 0.6 is 46.4 Å². The Morgan fingerprint density at radius 2 is 0.966 bits per heavy atom. The molecule has 1 unspecified atom stereocenters. The van der Waals surface area contributed by atoms with Crippen LogP contribution in [0.2, 0.25) is 20.4 Å². The van der Waals surface area contributed by atoms with Crippen molar-refractivity contribution < 1.29 is 53.5 Å². The van der Waals surface area contributed by atoms with E-state index >= 15 is 8.78 Å². The molecule has 89 heavy (non-hydrogen) atoms. The number of pyridine rings is 2. The van der Waals surface area contributed by atoms with Gasteiger partial charge in [-0.15, -0.1) is 0 Å². The Balaban J connectivity index is 0.000000149. The van der Waals surface area contributed by atoms with Gasteiger partial charge in [0.25, 0.3) is 0 Å². The van der Waals surface area contributed by atoms with E-state index in [1.165, 1.54) is 18.5 Å². The molecule has 0 radical (unpaired) electrons. The molecule has 6 saturated carbocycles. The number of nitrogens with one attached hydrogen (secondary N) is 4. The van der Waals surface area contributed by atoms with E-state index in [2.05, 4.69) is 58.9 Å². The Hall–Kier alpha value is -4.44. The molecule has 2 aromatic carbocycles. The van der Waals surface area contributed by atoms with Crippen molar-refractivity contribution >= 4 is 81.3 Å². The minimum absolute atomic E-state index is 0.0295. The average Bonchev–Trinajstić information content (AvgIpc) is 1.54. The number of rotatable bonds is 10. The third-order valence-corrected chi connectivity index (χ3v) is 24.6. The second kappa shape index (κ2) is 22.7. The van der Waals surface area contributed by atoms with Gasteiger partial charge >= 0.3 is 5.97 Å². The summed E-state index contributed by atoms with van der Waals surface area (Å²) in [6.45, 7) is 8.97. The van der Waals surface area contributed by atoms with E-state index in [9.17, 15) is 34.5 Å². The van der Waals surface area contributed by atoms with Crippen LogP contribution in [-0.2, 0) is 30.0 Å². The normalized spacial score (nSPS) is 30.2. The highest BCUT2D eigenvalue weighted by atomic mass is 35.5. The molecule has 22 heteroatoms. The van der Waals surface area contributed by atoms with Crippen LogP contribution in [0.15, 0.2) is 60.9 Å². The maximum atomic E-state index is 16.1. The van der Waals surface area contributed by atoms with Crippen molar-refractivity contribution in [1.29, 1.82) is 0 Å². The van der Waals surface area contributed by atoms with Gasteiger partial charge in [0, 0.05) is 80.0 Å². The molecule has 11 N–H and O–H groups in total. The van der Waals surface area contributed by atoms with Crippen LogP contribution in [0.5, 0.6) is 0 Å². The fourth-order valence-corrected chi connectivity index (χ4v) is 20.3. The molecule has 6 atom stereocenters. The Bertz CT molecular complexity index is 3480. The number of nitrogens with zero attached hydrogens (tertiary/aromatic N) is 2. The third kappa shape index (κ3) is 10.2. The van der Waals surface area contributed by atoms with Gasteiger partial charge in [0.05, 0.1) is 32.5 Å². The number of hydrogen-bond acceptors (Lipinski definition) is 13. The number of benzene rings is 2. The largest absolute Gasteiger partial charge is 0.480 e. The standard InChI is InChI=1S/C34H40Cl2FN3O4.C24H24Cl2FN3O3.C9H17NO2/c1-30(2)6-8-33(9-7-30)34(22-4-3-20(35)12-23(22)39-29(34)44)25(21-5-10-38-28(36)26(21)37)27(40-33)24(43)11-19-13-31(14-19)15-32(16-31,17-41)18-42;1-22(2)6-8-23(9-7-22)24(14-4-3-12(25)11-15(14)29-21(24)33)16(18(30-23)20(31)32)13-5-10-28-19(26)17(13)27;10-7-1-8(2-7)3-9(4-8,5-11)6-12/h3-5,10,12,19,25,27,40-42H,6-9,11,13-18H2,1-2H3,(H,39,44);3-5,10-11,16,18,30H,6-9H2,1-2H3,(H,29,33)(H,31,32);7,11-12H,1-6,10H2/t25-,27-,34+;16-,18+,24?;/m00./s1.